The molecule has 0 aliphatic carbocycles. The number of hydrogen-bond donors (Lipinski definition) is 2. The van der Waals surface area contributed by atoms with Crippen LogP contribution >= 0.6 is 0 Å². The van der Waals surface area contributed by atoms with E-state index in [2.05, 4.69) is 6.92 Å². The number of nitrogens with zero attached hydrogens (tertiary/aromatic N) is 2. The molecule has 0 aliphatic heterocycles. The summed E-state index contributed by atoms with van der Waals surface area (Å²) in [5, 5.41) is 18.2. The Hall–Kier alpha value is -2.08. The van der Waals surface area contributed by atoms with Crippen molar-refractivity contribution in [2.24, 2.45) is 29.2 Å². The molecule has 0 spiro atoms. The van der Waals surface area contributed by atoms with Crippen LogP contribution in [0.25, 0.3) is 0 Å². The largest absolute Gasteiger partial charge is 0.369 e. The van der Waals surface area contributed by atoms with E-state index in [9.17, 15) is 9.59 Å². The Balaban J connectivity index is 4.34. The number of carbonyl (C=O) groups is 2. The van der Waals surface area contributed by atoms with Gasteiger partial charge in [-0.05, 0) is 6.42 Å². The monoisotopic (exact) mass is 334 g/mol. The lowest BCUT2D eigenvalue weighted by atomic mass is 9.78. The van der Waals surface area contributed by atoms with Gasteiger partial charge in [-0.25, -0.2) is 0 Å². The summed E-state index contributed by atoms with van der Waals surface area (Å²) in [5.41, 5.74) is 10.5. The predicted octanol–water partition coefficient (Wildman–Crippen LogP) is 2.77. The molecule has 0 rings (SSSR count). The fraction of sp³-hybridized carbons (Fsp3) is 0.778. The van der Waals surface area contributed by atoms with E-state index in [4.69, 9.17) is 22.0 Å². The number of amides is 2. The summed E-state index contributed by atoms with van der Waals surface area (Å²) in [5.74, 6) is -4.65. The van der Waals surface area contributed by atoms with Crippen molar-refractivity contribution in [1.29, 1.82) is 10.5 Å². The maximum atomic E-state index is 11.4. The molecule has 2 amide bonds. The molecular formula is C18H30N4O2. The third-order valence-electron chi connectivity index (χ3n) is 4.39. The fourth-order valence-corrected chi connectivity index (χ4v) is 2.96. The molecule has 0 fully saturated rings. The molecule has 0 aromatic rings. The minimum atomic E-state index is -1.16. The third kappa shape index (κ3) is 8.53. The first-order valence-electron chi connectivity index (χ1n) is 8.87. The summed E-state index contributed by atoms with van der Waals surface area (Å²) in [6, 6.07) is 3.64. The minimum absolute atomic E-state index is 0.429. The Bertz CT molecular complexity index is 433. The first kappa shape index (κ1) is 21.9. The lowest BCUT2D eigenvalue weighted by molar-refractivity contribution is -0.125. The summed E-state index contributed by atoms with van der Waals surface area (Å²) < 4.78 is 0. The van der Waals surface area contributed by atoms with Gasteiger partial charge in [0.1, 0.15) is 11.8 Å². The molecule has 24 heavy (non-hydrogen) atoms. The van der Waals surface area contributed by atoms with Gasteiger partial charge in [0.15, 0.2) is 0 Å². The van der Waals surface area contributed by atoms with Gasteiger partial charge in [0.2, 0.25) is 11.8 Å². The molecule has 0 saturated heterocycles. The van der Waals surface area contributed by atoms with Gasteiger partial charge in [-0.2, -0.15) is 10.5 Å². The van der Waals surface area contributed by atoms with Crippen LogP contribution in [0, 0.1) is 40.4 Å². The Labute approximate surface area is 145 Å². The second-order valence-electron chi connectivity index (χ2n) is 6.30. The van der Waals surface area contributed by atoms with E-state index in [0.717, 1.165) is 25.7 Å². The number of primary amides is 2. The van der Waals surface area contributed by atoms with Gasteiger partial charge in [-0.3, -0.25) is 9.59 Å². The highest BCUT2D eigenvalue weighted by molar-refractivity contribution is 5.83. The highest BCUT2D eigenvalue weighted by Gasteiger charge is 2.36. The van der Waals surface area contributed by atoms with Crippen molar-refractivity contribution in [2.45, 2.75) is 71.1 Å². The van der Waals surface area contributed by atoms with Crippen molar-refractivity contribution in [3.8, 4) is 12.1 Å². The number of hydrogen-bond acceptors (Lipinski definition) is 4. The lowest BCUT2D eigenvalue weighted by Gasteiger charge is -2.22. The standard InChI is InChI=1S/C18H30N4O2/c1-2-3-4-5-6-7-8-9-10-11-14(15(12-19)17(21)23)16(13-20)18(22)24/h14-16H,2-11H2,1H3,(H2,21,23)(H2,22,24). The smallest absolute Gasteiger partial charge is 0.235 e. The fourth-order valence-electron chi connectivity index (χ4n) is 2.96. The maximum absolute atomic E-state index is 11.4. The average molecular weight is 334 g/mol. The van der Waals surface area contributed by atoms with Crippen LogP contribution in [0.3, 0.4) is 0 Å². The average Bonchev–Trinajstić information content (AvgIpc) is 2.53. The van der Waals surface area contributed by atoms with Crippen molar-refractivity contribution in [1.82, 2.24) is 0 Å². The summed E-state index contributed by atoms with van der Waals surface area (Å²) >= 11 is 0. The molecule has 4 N–H and O–H groups in total. The Morgan fingerprint density at radius 3 is 1.50 bits per heavy atom. The zero-order chi connectivity index (χ0) is 18.4. The van der Waals surface area contributed by atoms with Crippen molar-refractivity contribution in [3.05, 3.63) is 0 Å². The van der Waals surface area contributed by atoms with Gasteiger partial charge in [0.25, 0.3) is 0 Å². The zero-order valence-electron chi connectivity index (χ0n) is 14.7. The van der Waals surface area contributed by atoms with Crippen LogP contribution in [-0.4, -0.2) is 11.8 Å². The van der Waals surface area contributed by atoms with Crippen LogP contribution < -0.4 is 11.5 Å². The normalized spacial score (nSPS) is 14.1. The molecule has 134 valence electrons. The Morgan fingerprint density at radius 1 is 0.792 bits per heavy atom. The van der Waals surface area contributed by atoms with E-state index < -0.39 is 29.6 Å². The summed E-state index contributed by atoms with van der Waals surface area (Å²) in [6.45, 7) is 2.19. The summed E-state index contributed by atoms with van der Waals surface area (Å²) in [7, 11) is 0. The van der Waals surface area contributed by atoms with E-state index in [0.29, 0.717) is 6.42 Å². The van der Waals surface area contributed by atoms with Crippen molar-refractivity contribution in [2.75, 3.05) is 0 Å². The third-order valence-corrected chi connectivity index (χ3v) is 4.39. The second-order valence-corrected chi connectivity index (χ2v) is 6.30. The van der Waals surface area contributed by atoms with E-state index in [1.165, 1.54) is 32.1 Å². The van der Waals surface area contributed by atoms with Crippen LogP contribution in [0.15, 0.2) is 0 Å². The van der Waals surface area contributed by atoms with Crippen LogP contribution in [0.4, 0.5) is 0 Å². The quantitative estimate of drug-likeness (QED) is 0.472. The first-order valence-corrected chi connectivity index (χ1v) is 8.87. The molecule has 0 heterocycles. The number of carbonyl (C=O) groups excluding carboxylic acids is 2. The summed E-state index contributed by atoms with van der Waals surface area (Å²) in [4.78, 5) is 22.8. The van der Waals surface area contributed by atoms with Gasteiger partial charge < -0.3 is 11.5 Å². The zero-order valence-corrected chi connectivity index (χ0v) is 14.7. The molecule has 0 saturated carbocycles. The van der Waals surface area contributed by atoms with E-state index in [-0.39, 0.29) is 0 Å². The van der Waals surface area contributed by atoms with Gasteiger partial charge in [-0.15, -0.1) is 0 Å². The molecule has 2 atom stereocenters. The molecule has 0 radical (unpaired) electrons. The maximum Gasteiger partial charge on any atom is 0.235 e. The van der Waals surface area contributed by atoms with Gasteiger partial charge in [0, 0.05) is 5.92 Å². The molecular weight excluding hydrogens is 304 g/mol. The van der Waals surface area contributed by atoms with Crippen LogP contribution in [0.1, 0.15) is 71.1 Å². The van der Waals surface area contributed by atoms with Gasteiger partial charge in [-0.1, -0.05) is 64.7 Å². The topological polar surface area (TPSA) is 134 Å². The number of rotatable bonds is 14. The molecule has 6 heteroatoms. The molecule has 0 aromatic carbocycles. The molecule has 2 unspecified atom stereocenters. The van der Waals surface area contributed by atoms with Crippen molar-refractivity contribution in [3.63, 3.8) is 0 Å². The lowest BCUT2D eigenvalue weighted by Crippen LogP contribution is -2.38. The van der Waals surface area contributed by atoms with Crippen LogP contribution in [0.2, 0.25) is 0 Å². The molecule has 6 nitrogen and oxygen atoms in total. The van der Waals surface area contributed by atoms with Crippen LogP contribution in [0.5, 0.6) is 0 Å². The van der Waals surface area contributed by atoms with Gasteiger partial charge in [0.05, 0.1) is 12.1 Å². The SMILES string of the molecule is CCCCCCCCCCCC(C(C#N)C(N)=O)C(C#N)C(N)=O. The minimum Gasteiger partial charge on any atom is -0.369 e. The molecule has 0 bridgehead atoms. The highest BCUT2D eigenvalue weighted by atomic mass is 16.1. The Morgan fingerprint density at radius 2 is 1.17 bits per heavy atom. The van der Waals surface area contributed by atoms with E-state index in [1.54, 1.807) is 0 Å². The highest BCUT2D eigenvalue weighted by Crippen LogP contribution is 2.27. The van der Waals surface area contributed by atoms with Crippen molar-refractivity contribution >= 4 is 11.8 Å². The molecule has 0 aromatic heterocycles. The second kappa shape index (κ2) is 13.4. The first-order chi connectivity index (χ1) is 11.5. The number of unbranched alkanes of at least 4 members (excludes halogenated alkanes) is 8. The van der Waals surface area contributed by atoms with E-state index in [1.807, 2.05) is 12.1 Å². The number of nitrogens with two attached hydrogens (primary N) is 2. The van der Waals surface area contributed by atoms with Gasteiger partial charge >= 0.3 is 0 Å². The molecule has 0 aliphatic rings. The Kier molecular flexibility index (Phi) is 12.2. The number of nitriles is 2. The summed E-state index contributed by atoms with van der Waals surface area (Å²) in [6.07, 6.45) is 10.6. The predicted molar refractivity (Wildman–Crippen MR) is 91.9 cm³/mol. The van der Waals surface area contributed by atoms with Crippen LogP contribution in [-0.2, 0) is 9.59 Å². The van der Waals surface area contributed by atoms with Crippen molar-refractivity contribution < 1.29 is 9.59 Å². The van der Waals surface area contributed by atoms with E-state index >= 15 is 0 Å².